The summed E-state index contributed by atoms with van der Waals surface area (Å²) >= 11 is 0. The number of H-pyrrole nitrogens is 1. The fourth-order valence-corrected chi connectivity index (χ4v) is 4.90. The first-order valence-electron chi connectivity index (χ1n) is 13.4. The largest absolute Gasteiger partial charge is 0.493 e. The molecule has 1 aromatic heterocycles. The molecule has 4 aromatic carbocycles. The van der Waals surface area contributed by atoms with Gasteiger partial charge in [-0.05, 0) is 59.5 Å². The molecule has 1 amide bonds. The van der Waals surface area contributed by atoms with Crippen molar-refractivity contribution in [2.45, 2.75) is 13.3 Å². The number of aryl methyl sites for hydroxylation is 1. The van der Waals surface area contributed by atoms with Crippen LogP contribution >= 0.6 is 0 Å². The molecular weight excluding hydrogens is 534 g/mol. The molecule has 6 rings (SSSR count). The first kappa shape index (κ1) is 26.6. The van der Waals surface area contributed by atoms with Crippen LogP contribution in [0.25, 0.3) is 22.0 Å². The number of nitrogens with zero attached hydrogens (tertiary/aromatic N) is 1. The molecule has 0 bridgehead atoms. The maximum absolute atomic E-state index is 13.3. The number of hydrogen-bond acceptors (Lipinski definition) is 7. The van der Waals surface area contributed by atoms with Gasteiger partial charge < -0.3 is 23.9 Å². The normalized spacial score (nSPS) is 12.0. The maximum atomic E-state index is 13.3. The molecule has 2 N–H and O–H groups in total. The molecule has 0 saturated heterocycles. The minimum Gasteiger partial charge on any atom is -0.493 e. The van der Waals surface area contributed by atoms with Crippen LogP contribution in [0.5, 0.6) is 23.0 Å². The SMILES string of the molecule is CCc1cccc2c(-c3ccccc3)c(C(=O)NN=Cc3ccc(OC(=O)c4ccc5c(c4)OCO5)c(OC)c3)[nH]c12. The van der Waals surface area contributed by atoms with Crippen LogP contribution in [0, 0.1) is 0 Å². The number of benzene rings is 4. The van der Waals surface area contributed by atoms with Crippen LogP contribution < -0.4 is 24.4 Å². The molecule has 0 spiro atoms. The summed E-state index contributed by atoms with van der Waals surface area (Å²) in [4.78, 5) is 29.4. The van der Waals surface area contributed by atoms with Crippen LogP contribution in [0.2, 0.25) is 0 Å². The summed E-state index contributed by atoms with van der Waals surface area (Å²) in [7, 11) is 1.47. The lowest BCUT2D eigenvalue weighted by molar-refractivity contribution is 0.0729. The van der Waals surface area contributed by atoms with E-state index in [0.29, 0.717) is 34.1 Å². The van der Waals surface area contributed by atoms with Gasteiger partial charge in [-0.3, -0.25) is 4.79 Å². The zero-order valence-corrected chi connectivity index (χ0v) is 23.0. The van der Waals surface area contributed by atoms with E-state index in [2.05, 4.69) is 28.5 Å². The molecule has 1 aliphatic rings. The van der Waals surface area contributed by atoms with Crippen molar-refractivity contribution < 1.29 is 28.5 Å². The van der Waals surface area contributed by atoms with Crippen LogP contribution in [0.4, 0.5) is 0 Å². The van der Waals surface area contributed by atoms with Gasteiger partial charge in [0.05, 0.1) is 18.9 Å². The number of para-hydroxylation sites is 1. The van der Waals surface area contributed by atoms with Crippen LogP contribution in [-0.4, -0.2) is 37.0 Å². The Morgan fingerprint density at radius 2 is 1.79 bits per heavy atom. The number of aromatic nitrogens is 1. The summed E-state index contributed by atoms with van der Waals surface area (Å²) < 4.78 is 21.6. The number of hydrazone groups is 1. The summed E-state index contributed by atoms with van der Waals surface area (Å²) in [6.45, 7) is 2.20. The summed E-state index contributed by atoms with van der Waals surface area (Å²) in [6, 6.07) is 25.7. The smallest absolute Gasteiger partial charge is 0.343 e. The number of nitrogens with one attached hydrogen (secondary N) is 2. The summed E-state index contributed by atoms with van der Waals surface area (Å²) in [5.74, 6) is 0.682. The van der Waals surface area contributed by atoms with Gasteiger partial charge >= 0.3 is 5.97 Å². The van der Waals surface area contributed by atoms with Crippen LogP contribution in [0.3, 0.4) is 0 Å². The third-order valence-electron chi connectivity index (χ3n) is 6.97. The highest BCUT2D eigenvalue weighted by molar-refractivity contribution is 6.10. The number of methoxy groups -OCH3 is 1. The van der Waals surface area contributed by atoms with Crippen molar-refractivity contribution in [1.82, 2.24) is 10.4 Å². The van der Waals surface area contributed by atoms with E-state index in [1.165, 1.54) is 13.3 Å². The van der Waals surface area contributed by atoms with E-state index in [1.54, 1.807) is 36.4 Å². The average molecular weight is 562 g/mol. The van der Waals surface area contributed by atoms with Crippen molar-refractivity contribution in [2.75, 3.05) is 13.9 Å². The van der Waals surface area contributed by atoms with Crippen LogP contribution in [0.15, 0.2) is 90.0 Å². The molecule has 0 fully saturated rings. The Balaban J connectivity index is 1.20. The molecule has 0 saturated carbocycles. The Bertz CT molecular complexity index is 1830. The second-order valence-electron chi connectivity index (χ2n) is 9.50. The lowest BCUT2D eigenvalue weighted by Crippen LogP contribution is -2.19. The highest BCUT2D eigenvalue weighted by Gasteiger charge is 2.21. The highest BCUT2D eigenvalue weighted by Crippen LogP contribution is 2.35. The monoisotopic (exact) mass is 561 g/mol. The maximum Gasteiger partial charge on any atom is 0.343 e. The summed E-state index contributed by atoms with van der Waals surface area (Å²) in [6.07, 6.45) is 2.32. The Kier molecular flexibility index (Phi) is 7.30. The molecule has 42 heavy (non-hydrogen) atoms. The van der Waals surface area contributed by atoms with Gasteiger partial charge in [-0.15, -0.1) is 0 Å². The molecule has 2 heterocycles. The molecule has 0 atom stereocenters. The highest BCUT2D eigenvalue weighted by atomic mass is 16.7. The first-order valence-corrected chi connectivity index (χ1v) is 13.4. The van der Waals surface area contributed by atoms with Crippen LogP contribution in [-0.2, 0) is 6.42 Å². The molecule has 5 aromatic rings. The van der Waals surface area contributed by atoms with E-state index in [0.717, 1.165) is 34.0 Å². The van der Waals surface area contributed by atoms with Crippen LogP contribution in [0.1, 0.15) is 38.9 Å². The van der Waals surface area contributed by atoms with Gasteiger partial charge in [-0.2, -0.15) is 5.10 Å². The van der Waals surface area contributed by atoms with Crippen molar-refractivity contribution in [2.24, 2.45) is 5.10 Å². The number of amides is 1. The van der Waals surface area contributed by atoms with Gasteiger partial charge in [-0.1, -0.05) is 55.5 Å². The number of rotatable bonds is 8. The predicted octanol–water partition coefficient (Wildman–Crippen LogP) is 6.12. The van der Waals surface area contributed by atoms with Crippen molar-refractivity contribution in [3.8, 4) is 34.1 Å². The number of fused-ring (bicyclic) bond motifs is 2. The van der Waals surface area contributed by atoms with Crippen molar-refractivity contribution >= 4 is 29.0 Å². The van der Waals surface area contributed by atoms with Gasteiger partial charge in [-0.25, -0.2) is 10.2 Å². The lowest BCUT2D eigenvalue weighted by Gasteiger charge is -2.10. The molecule has 9 heteroatoms. The average Bonchev–Trinajstić information content (AvgIpc) is 3.66. The van der Waals surface area contributed by atoms with E-state index < -0.39 is 5.97 Å². The molecular formula is C33H27N3O6. The van der Waals surface area contributed by atoms with Crippen molar-refractivity contribution in [3.05, 3.63) is 107 Å². The quantitative estimate of drug-likeness (QED) is 0.102. The molecule has 0 aliphatic carbocycles. The Morgan fingerprint density at radius 3 is 2.60 bits per heavy atom. The standard InChI is InChI=1S/C33H27N3O6/c1-3-21-10-7-11-24-29(22-8-5-4-6-9-22)31(35-30(21)24)32(37)36-34-18-20-12-14-26(27(16-20)39-2)42-33(38)23-13-15-25-28(17-23)41-19-40-25/h4-18,35H,3,19H2,1-2H3,(H,36,37). The fourth-order valence-electron chi connectivity index (χ4n) is 4.90. The minimum absolute atomic E-state index is 0.112. The number of ether oxygens (including phenoxy) is 4. The molecule has 0 unspecified atom stereocenters. The number of carbonyl (C=O) groups is 2. The number of carbonyl (C=O) groups excluding carboxylic acids is 2. The molecule has 0 radical (unpaired) electrons. The van der Waals surface area contributed by atoms with Gasteiger partial charge in [0.2, 0.25) is 6.79 Å². The van der Waals surface area contributed by atoms with Crippen molar-refractivity contribution in [3.63, 3.8) is 0 Å². The van der Waals surface area contributed by atoms with E-state index in [1.807, 2.05) is 42.5 Å². The molecule has 210 valence electrons. The summed E-state index contributed by atoms with van der Waals surface area (Å²) in [5.41, 5.74) is 7.82. The second-order valence-corrected chi connectivity index (χ2v) is 9.50. The Labute approximate surface area is 241 Å². The lowest BCUT2D eigenvalue weighted by atomic mass is 10.00. The van der Waals surface area contributed by atoms with E-state index in [9.17, 15) is 9.59 Å². The molecule has 9 nitrogen and oxygen atoms in total. The third-order valence-corrected chi connectivity index (χ3v) is 6.97. The zero-order chi connectivity index (χ0) is 29.1. The van der Waals surface area contributed by atoms with Gasteiger partial charge in [0.1, 0.15) is 5.69 Å². The fraction of sp³-hybridized carbons (Fsp3) is 0.121. The minimum atomic E-state index is -0.570. The molecule has 1 aliphatic heterocycles. The van der Waals surface area contributed by atoms with Gasteiger partial charge in [0.15, 0.2) is 23.0 Å². The zero-order valence-electron chi connectivity index (χ0n) is 23.0. The first-order chi connectivity index (χ1) is 20.6. The Hall–Kier alpha value is -5.57. The van der Waals surface area contributed by atoms with Gasteiger partial charge in [0.25, 0.3) is 5.91 Å². The number of hydrogen-bond donors (Lipinski definition) is 2. The predicted molar refractivity (Wildman–Crippen MR) is 159 cm³/mol. The topological polar surface area (TPSA) is 111 Å². The second kappa shape index (κ2) is 11.5. The van der Waals surface area contributed by atoms with Crippen molar-refractivity contribution in [1.29, 1.82) is 0 Å². The van der Waals surface area contributed by atoms with E-state index >= 15 is 0 Å². The van der Waals surface area contributed by atoms with Gasteiger partial charge in [0, 0.05) is 16.5 Å². The van der Waals surface area contributed by atoms with E-state index in [-0.39, 0.29) is 18.4 Å². The number of esters is 1. The Morgan fingerprint density at radius 1 is 0.952 bits per heavy atom. The number of aromatic amines is 1. The third kappa shape index (κ3) is 5.15. The van der Waals surface area contributed by atoms with E-state index in [4.69, 9.17) is 18.9 Å². The summed E-state index contributed by atoms with van der Waals surface area (Å²) in [5, 5.41) is 5.16.